The number of piperidine rings is 1. The van der Waals surface area contributed by atoms with Crippen LogP contribution in [0.1, 0.15) is 49.4 Å². The van der Waals surface area contributed by atoms with Crippen molar-refractivity contribution < 1.29 is 9.47 Å². The highest BCUT2D eigenvalue weighted by molar-refractivity contribution is 6.32. The molecule has 0 aliphatic carbocycles. The second-order valence-electron chi connectivity index (χ2n) is 10.1. The summed E-state index contributed by atoms with van der Waals surface area (Å²) in [5, 5.41) is 9.69. The number of likely N-dealkylation sites (tertiary alicyclic amines) is 1. The maximum absolute atomic E-state index is 6.73. The number of ether oxygens (including phenoxy) is 2. The van der Waals surface area contributed by atoms with Gasteiger partial charge in [0.1, 0.15) is 0 Å². The van der Waals surface area contributed by atoms with Crippen LogP contribution in [0.15, 0.2) is 24.5 Å². The van der Waals surface area contributed by atoms with Crippen LogP contribution in [0.25, 0.3) is 10.9 Å². The average Bonchev–Trinajstić information content (AvgIpc) is 3.48. The summed E-state index contributed by atoms with van der Waals surface area (Å²) in [5.41, 5.74) is 4.30. The highest BCUT2D eigenvalue weighted by atomic mass is 35.5. The minimum atomic E-state index is 0.211. The van der Waals surface area contributed by atoms with E-state index in [2.05, 4.69) is 40.2 Å². The third kappa shape index (κ3) is 3.96. The molecule has 1 N–H and O–H groups in total. The topological polar surface area (TPSA) is 77.3 Å². The molecule has 3 saturated heterocycles. The van der Waals surface area contributed by atoms with Gasteiger partial charge in [-0.25, -0.2) is 9.97 Å². The standard InChI is InChI=1S/C25H31ClN6O2/c1-16-23(12-28-32(16)19-5-8-33-13-19)30-24-27-11-18-9-21(26)20(10-22(18)29-24)17-3-6-31(7-4-17)25(2)14-34-15-25/h9-12,17,19H,3-8,13-15H2,1-2H3,(H,27,29,30). The summed E-state index contributed by atoms with van der Waals surface area (Å²) in [6.45, 7) is 9.70. The van der Waals surface area contributed by atoms with Crippen LogP contribution in [0.3, 0.4) is 0 Å². The minimum Gasteiger partial charge on any atom is -0.379 e. The van der Waals surface area contributed by atoms with E-state index in [-0.39, 0.29) is 5.54 Å². The number of aromatic nitrogens is 4. The van der Waals surface area contributed by atoms with Crippen molar-refractivity contribution in [2.75, 3.05) is 44.8 Å². The van der Waals surface area contributed by atoms with Gasteiger partial charge in [0.15, 0.2) is 0 Å². The fourth-order valence-corrected chi connectivity index (χ4v) is 5.83. The van der Waals surface area contributed by atoms with Gasteiger partial charge in [-0.3, -0.25) is 9.58 Å². The number of hydrogen-bond acceptors (Lipinski definition) is 7. The predicted octanol–water partition coefficient (Wildman–Crippen LogP) is 4.46. The molecule has 0 spiro atoms. The third-order valence-electron chi connectivity index (χ3n) is 7.77. The number of hydrogen-bond donors (Lipinski definition) is 1. The SMILES string of the molecule is Cc1c(Nc2ncc3cc(Cl)c(C4CCN(C5(C)COC5)CC4)cc3n2)cnn1C1CCOC1. The van der Waals surface area contributed by atoms with Crippen molar-refractivity contribution in [1.29, 1.82) is 0 Å². The summed E-state index contributed by atoms with van der Waals surface area (Å²) < 4.78 is 13.0. The van der Waals surface area contributed by atoms with E-state index in [1.54, 1.807) is 0 Å². The number of rotatable bonds is 5. The molecule has 6 rings (SSSR count). The molecule has 9 heteroatoms. The average molecular weight is 483 g/mol. The van der Waals surface area contributed by atoms with Gasteiger partial charge in [0, 0.05) is 23.2 Å². The lowest BCUT2D eigenvalue weighted by atomic mass is 9.86. The van der Waals surface area contributed by atoms with Crippen LogP contribution in [0, 0.1) is 6.92 Å². The van der Waals surface area contributed by atoms with Gasteiger partial charge in [-0.05, 0) is 69.8 Å². The Bertz CT molecular complexity index is 1200. The van der Waals surface area contributed by atoms with Crippen molar-refractivity contribution in [1.82, 2.24) is 24.6 Å². The Kier molecular flexibility index (Phi) is 5.72. The zero-order valence-electron chi connectivity index (χ0n) is 19.8. The Labute approximate surface area is 204 Å². The molecule has 180 valence electrons. The molecule has 0 bridgehead atoms. The number of nitrogens with zero attached hydrogens (tertiary/aromatic N) is 5. The van der Waals surface area contributed by atoms with Gasteiger partial charge in [0.05, 0.1) is 54.5 Å². The van der Waals surface area contributed by atoms with E-state index in [4.69, 9.17) is 26.1 Å². The normalized spacial score (nSPS) is 23.3. The molecule has 1 atom stereocenters. The maximum Gasteiger partial charge on any atom is 0.227 e. The third-order valence-corrected chi connectivity index (χ3v) is 8.09. The van der Waals surface area contributed by atoms with Gasteiger partial charge in [0.25, 0.3) is 0 Å². The minimum absolute atomic E-state index is 0.211. The summed E-state index contributed by atoms with van der Waals surface area (Å²) in [7, 11) is 0. The summed E-state index contributed by atoms with van der Waals surface area (Å²) in [5.74, 6) is 1.01. The second-order valence-corrected chi connectivity index (χ2v) is 10.5. The number of anilines is 2. The van der Waals surface area contributed by atoms with Crippen molar-refractivity contribution in [3.8, 4) is 0 Å². The molecule has 1 unspecified atom stereocenters. The van der Waals surface area contributed by atoms with Crippen LogP contribution in [0.2, 0.25) is 5.02 Å². The van der Waals surface area contributed by atoms with Gasteiger partial charge < -0.3 is 14.8 Å². The summed E-state index contributed by atoms with van der Waals surface area (Å²) in [6.07, 6.45) is 6.87. The van der Waals surface area contributed by atoms with Gasteiger partial charge in [-0.15, -0.1) is 0 Å². The lowest BCUT2D eigenvalue weighted by Gasteiger charge is -2.50. The number of halogens is 1. The molecule has 5 heterocycles. The van der Waals surface area contributed by atoms with E-state index < -0.39 is 0 Å². The van der Waals surface area contributed by atoms with Crippen molar-refractivity contribution in [2.24, 2.45) is 0 Å². The predicted molar refractivity (Wildman–Crippen MR) is 132 cm³/mol. The van der Waals surface area contributed by atoms with Crippen LogP contribution in [-0.4, -0.2) is 69.7 Å². The molecule has 0 saturated carbocycles. The Hall–Kier alpha value is -2.26. The molecular formula is C25H31ClN6O2. The quantitative estimate of drug-likeness (QED) is 0.575. The lowest BCUT2D eigenvalue weighted by Crippen LogP contribution is -2.61. The van der Waals surface area contributed by atoms with Gasteiger partial charge >= 0.3 is 0 Å². The van der Waals surface area contributed by atoms with Crippen LogP contribution in [0.5, 0.6) is 0 Å². The molecular weight excluding hydrogens is 452 g/mol. The smallest absolute Gasteiger partial charge is 0.227 e. The molecule has 1 aromatic carbocycles. The van der Waals surface area contributed by atoms with E-state index in [0.717, 1.165) is 79.5 Å². The number of nitrogens with one attached hydrogen (secondary N) is 1. The van der Waals surface area contributed by atoms with Crippen molar-refractivity contribution in [3.05, 3.63) is 40.8 Å². The first-order chi connectivity index (χ1) is 16.5. The van der Waals surface area contributed by atoms with Gasteiger partial charge in [0.2, 0.25) is 5.95 Å². The van der Waals surface area contributed by atoms with E-state index in [9.17, 15) is 0 Å². The molecule has 3 fully saturated rings. The van der Waals surface area contributed by atoms with Crippen molar-refractivity contribution in [3.63, 3.8) is 0 Å². The molecule has 0 radical (unpaired) electrons. The van der Waals surface area contributed by atoms with E-state index >= 15 is 0 Å². The zero-order valence-corrected chi connectivity index (χ0v) is 20.5. The number of fused-ring (bicyclic) bond motifs is 1. The lowest BCUT2D eigenvalue weighted by molar-refractivity contribution is -0.136. The van der Waals surface area contributed by atoms with Gasteiger partial charge in [-0.1, -0.05) is 11.6 Å². The Morgan fingerprint density at radius 3 is 2.65 bits per heavy atom. The Morgan fingerprint density at radius 1 is 1.12 bits per heavy atom. The molecule has 0 amide bonds. The molecule has 3 aliphatic rings. The molecule has 34 heavy (non-hydrogen) atoms. The highest BCUT2D eigenvalue weighted by Gasteiger charge is 2.41. The zero-order chi connectivity index (χ0) is 23.3. The largest absolute Gasteiger partial charge is 0.379 e. The molecule has 8 nitrogen and oxygen atoms in total. The second kappa shape index (κ2) is 8.75. The molecule has 3 aromatic rings. The fourth-order valence-electron chi connectivity index (χ4n) is 5.50. The van der Waals surface area contributed by atoms with Crippen molar-refractivity contribution in [2.45, 2.75) is 50.6 Å². The first-order valence-electron chi connectivity index (χ1n) is 12.2. The Balaban J connectivity index is 1.21. The Morgan fingerprint density at radius 2 is 1.94 bits per heavy atom. The van der Waals surface area contributed by atoms with E-state index in [1.165, 1.54) is 5.56 Å². The molecule has 3 aliphatic heterocycles. The van der Waals surface area contributed by atoms with Gasteiger partial charge in [-0.2, -0.15) is 5.10 Å². The van der Waals surface area contributed by atoms with Crippen molar-refractivity contribution >= 4 is 34.1 Å². The van der Waals surface area contributed by atoms with E-state index in [0.29, 0.717) is 24.5 Å². The number of benzene rings is 1. The monoisotopic (exact) mass is 482 g/mol. The maximum atomic E-state index is 6.73. The van der Waals surface area contributed by atoms with Crippen LogP contribution in [0.4, 0.5) is 11.6 Å². The highest BCUT2D eigenvalue weighted by Crippen LogP contribution is 2.38. The van der Waals surface area contributed by atoms with Crippen LogP contribution < -0.4 is 5.32 Å². The summed E-state index contributed by atoms with van der Waals surface area (Å²) >= 11 is 6.73. The summed E-state index contributed by atoms with van der Waals surface area (Å²) in [4.78, 5) is 11.9. The molecule has 2 aromatic heterocycles. The van der Waals surface area contributed by atoms with Crippen LogP contribution in [-0.2, 0) is 9.47 Å². The van der Waals surface area contributed by atoms with E-state index in [1.807, 2.05) is 23.1 Å². The first-order valence-corrected chi connectivity index (χ1v) is 12.6. The van der Waals surface area contributed by atoms with Crippen LogP contribution >= 0.6 is 11.6 Å². The summed E-state index contributed by atoms with van der Waals surface area (Å²) in [6, 6.07) is 4.46. The first kappa shape index (κ1) is 22.2. The fraction of sp³-hybridized carbons (Fsp3) is 0.560.